The lowest BCUT2D eigenvalue weighted by molar-refractivity contribution is -0.00520. The number of ether oxygens (including phenoxy) is 1. The number of rotatable bonds is 3. The van der Waals surface area contributed by atoms with Crippen molar-refractivity contribution in [1.29, 1.82) is 0 Å². The Kier molecular flexibility index (Phi) is 3.09. The molecule has 1 aromatic rings. The van der Waals surface area contributed by atoms with Crippen molar-refractivity contribution >= 4 is 11.3 Å². The van der Waals surface area contributed by atoms with Gasteiger partial charge in [0.2, 0.25) is 0 Å². The summed E-state index contributed by atoms with van der Waals surface area (Å²) in [6, 6.07) is 0. The van der Waals surface area contributed by atoms with E-state index in [0.717, 1.165) is 23.7 Å². The van der Waals surface area contributed by atoms with Gasteiger partial charge in [-0.05, 0) is 20.3 Å². The van der Waals surface area contributed by atoms with E-state index < -0.39 is 5.60 Å². The first kappa shape index (κ1) is 11.0. The third-order valence-corrected chi connectivity index (χ3v) is 3.84. The minimum absolute atomic E-state index is 0.250. The number of hydrogen-bond donors (Lipinski definition) is 1. The Hall–Kier alpha value is -0.450. The standard InChI is InChI=1S/C11H17NO2S/c1-8-12-10(7-15-8)5-11(2,13)9-3-4-14-6-9/h7,9,13H,3-6H2,1-2H3. The van der Waals surface area contributed by atoms with E-state index in [2.05, 4.69) is 4.98 Å². The molecule has 0 aromatic carbocycles. The molecule has 0 saturated carbocycles. The molecule has 84 valence electrons. The molecule has 2 heterocycles. The molecule has 1 aliphatic heterocycles. The van der Waals surface area contributed by atoms with Gasteiger partial charge in [-0.2, -0.15) is 0 Å². The zero-order valence-electron chi connectivity index (χ0n) is 9.19. The summed E-state index contributed by atoms with van der Waals surface area (Å²) in [6.07, 6.45) is 1.58. The van der Waals surface area contributed by atoms with E-state index in [0.29, 0.717) is 13.0 Å². The molecule has 2 rings (SSSR count). The summed E-state index contributed by atoms with van der Waals surface area (Å²) in [7, 11) is 0. The predicted octanol–water partition coefficient (Wildman–Crippen LogP) is 1.78. The third kappa shape index (κ3) is 2.56. The van der Waals surface area contributed by atoms with Gasteiger partial charge in [0.15, 0.2) is 0 Å². The van der Waals surface area contributed by atoms with Crippen molar-refractivity contribution < 1.29 is 9.84 Å². The van der Waals surface area contributed by atoms with Crippen molar-refractivity contribution in [1.82, 2.24) is 4.98 Å². The van der Waals surface area contributed by atoms with Crippen molar-refractivity contribution in [2.45, 2.75) is 32.3 Å². The summed E-state index contributed by atoms with van der Waals surface area (Å²) < 4.78 is 5.31. The molecule has 0 bridgehead atoms. The molecule has 0 amide bonds. The number of hydrogen-bond acceptors (Lipinski definition) is 4. The topological polar surface area (TPSA) is 42.4 Å². The summed E-state index contributed by atoms with van der Waals surface area (Å²) in [5, 5.41) is 13.4. The maximum atomic E-state index is 10.4. The second-order valence-electron chi connectivity index (χ2n) is 4.45. The van der Waals surface area contributed by atoms with Crippen LogP contribution < -0.4 is 0 Å². The first-order valence-corrected chi connectivity index (χ1v) is 6.17. The molecule has 1 saturated heterocycles. The van der Waals surface area contributed by atoms with Crippen LogP contribution in [0.1, 0.15) is 24.0 Å². The number of nitrogens with zero attached hydrogens (tertiary/aromatic N) is 1. The summed E-state index contributed by atoms with van der Waals surface area (Å²) in [6.45, 7) is 5.33. The first-order chi connectivity index (χ1) is 7.08. The lowest BCUT2D eigenvalue weighted by Gasteiger charge is -2.28. The highest BCUT2D eigenvalue weighted by atomic mass is 32.1. The van der Waals surface area contributed by atoms with Gasteiger partial charge >= 0.3 is 0 Å². The van der Waals surface area contributed by atoms with Crippen molar-refractivity contribution in [3.8, 4) is 0 Å². The Labute approximate surface area is 94.1 Å². The Morgan fingerprint density at radius 2 is 2.53 bits per heavy atom. The van der Waals surface area contributed by atoms with Crippen LogP contribution in [0, 0.1) is 12.8 Å². The zero-order chi connectivity index (χ0) is 10.9. The van der Waals surface area contributed by atoms with Crippen LogP contribution in [0.5, 0.6) is 0 Å². The number of aliphatic hydroxyl groups is 1. The van der Waals surface area contributed by atoms with Crippen molar-refractivity contribution in [2.24, 2.45) is 5.92 Å². The fraction of sp³-hybridized carbons (Fsp3) is 0.727. The molecule has 1 aromatic heterocycles. The maximum absolute atomic E-state index is 10.4. The second kappa shape index (κ2) is 4.20. The highest BCUT2D eigenvalue weighted by molar-refractivity contribution is 7.09. The monoisotopic (exact) mass is 227 g/mol. The maximum Gasteiger partial charge on any atom is 0.0897 e. The largest absolute Gasteiger partial charge is 0.389 e. The van der Waals surface area contributed by atoms with Gasteiger partial charge in [-0.3, -0.25) is 0 Å². The van der Waals surface area contributed by atoms with Crippen LogP contribution in [0.3, 0.4) is 0 Å². The minimum Gasteiger partial charge on any atom is -0.389 e. The van der Waals surface area contributed by atoms with Crippen molar-refractivity contribution in [2.75, 3.05) is 13.2 Å². The molecule has 0 aliphatic carbocycles. The number of aromatic nitrogens is 1. The average molecular weight is 227 g/mol. The van der Waals surface area contributed by atoms with Gasteiger partial charge in [0, 0.05) is 24.3 Å². The SMILES string of the molecule is Cc1nc(CC(C)(O)C2CCOC2)cs1. The van der Waals surface area contributed by atoms with Crippen LogP contribution in [0.15, 0.2) is 5.38 Å². The lowest BCUT2D eigenvalue weighted by Crippen LogP contribution is -2.37. The van der Waals surface area contributed by atoms with E-state index in [-0.39, 0.29) is 5.92 Å². The Bertz CT molecular complexity index is 329. The van der Waals surface area contributed by atoms with Gasteiger partial charge in [0.25, 0.3) is 0 Å². The molecular formula is C11H17NO2S. The lowest BCUT2D eigenvalue weighted by atomic mass is 9.85. The van der Waals surface area contributed by atoms with Crippen molar-refractivity contribution in [3.05, 3.63) is 16.1 Å². The molecule has 1 aliphatic rings. The van der Waals surface area contributed by atoms with Crippen LogP contribution in [0.25, 0.3) is 0 Å². The predicted molar refractivity (Wildman–Crippen MR) is 60.1 cm³/mol. The molecule has 1 N–H and O–H groups in total. The zero-order valence-corrected chi connectivity index (χ0v) is 10.0. The first-order valence-electron chi connectivity index (χ1n) is 5.29. The quantitative estimate of drug-likeness (QED) is 0.856. The highest BCUT2D eigenvalue weighted by Crippen LogP contribution is 2.29. The van der Waals surface area contributed by atoms with Crippen molar-refractivity contribution in [3.63, 3.8) is 0 Å². The van der Waals surface area contributed by atoms with E-state index in [1.165, 1.54) is 0 Å². The fourth-order valence-corrected chi connectivity index (χ4v) is 2.64. The average Bonchev–Trinajstić information content (AvgIpc) is 2.75. The van der Waals surface area contributed by atoms with Crippen LogP contribution in [0.2, 0.25) is 0 Å². The van der Waals surface area contributed by atoms with E-state index in [1.807, 2.05) is 19.2 Å². The summed E-state index contributed by atoms with van der Waals surface area (Å²) in [5.74, 6) is 0.250. The Balaban J connectivity index is 2.02. The third-order valence-electron chi connectivity index (χ3n) is 3.01. The Morgan fingerprint density at radius 3 is 3.07 bits per heavy atom. The molecule has 0 spiro atoms. The Morgan fingerprint density at radius 1 is 1.73 bits per heavy atom. The van der Waals surface area contributed by atoms with Gasteiger partial charge in [0.05, 0.1) is 22.9 Å². The number of thiazole rings is 1. The molecule has 3 nitrogen and oxygen atoms in total. The van der Waals surface area contributed by atoms with E-state index in [9.17, 15) is 5.11 Å². The molecule has 4 heteroatoms. The van der Waals surface area contributed by atoms with Crippen LogP contribution in [-0.2, 0) is 11.2 Å². The fourth-order valence-electron chi connectivity index (χ4n) is 2.03. The van der Waals surface area contributed by atoms with Crippen LogP contribution in [0.4, 0.5) is 0 Å². The summed E-state index contributed by atoms with van der Waals surface area (Å²) >= 11 is 1.63. The molecule has 2 atom stereocenters. The van der Waals surface area contributed by atoms with Crippen LogP contribution >= 0.6 is 11.3 Å². The molecule has 0 radical (unpaired) electrons. The van der Waals surface area contributed by atoms with Gasteiger partial charge in [-0.15, -0.1) is 11.3 Å². The van der Waals surface area contributed by atoms with Gasteiger partial charge in [0.1, 0.15) is 0 Å². The van der Waals surface area contributed by atoms with Gasteiger partial charge in [-0.25, -0.2) is 4.98 Å². The summed E-state index contributed by atoms with van der Waals surface area (Å²) in [4.78, 5) is 4.38. The van der Waals surface area contributed by atoms with E-state index >= 15 is 0 Å². The molecular weight excluding hydrogens is 210 g/mol. The van der Waals surface area contributed by atoms with Gasteiger partial charge < -0.3 is 9.84 Å². The summed E-state index contributed by atoms with van der Waals surface area (Å²) in [5.41, 5.74) is 0.311. The van der Waals surface area contributed by atoms with E-state index in [1.54, 1.807) is 11.3 Å². The normalized spacial score (nSPS) is 25.4. The molecule has 2 unspecified atom stereocenters. The smallest absolute Gasteiger partial charge is 0.0897 e. The molecule has 15 heavy (non-hydrogen) atoms. The van der Waals surface area contributed by atoms with Crippen LogP contribution in [-0.4, -0.2) is 28.9 Å². The number of aryl methyl sites for hydroxylation is 1. The van der Waals surface area contributed by atoms with Gasteiger partial charge in [-0.1, -0.05) is 0 Å². The second-order valence-corrected chi connectivity index (χ2v) is 5.51. The highest BCUT2D eigenvalue weighted by Gasteiger charge is 2.35. The minimum atomic E-state index is -0.684. The van der Waals surface area contributed by atoms with E-state index in [4.69, 9.17) is 4.74 Å². The molecule has 1 fully saturated rings.